The number of hydrogen-bond acceptors (Lipinski definition) is 3. The van der Waals surface area contributed by atoms with Gasteiger partial charge in [-0.2, -0.15) is 0 Å². The van der Waals surface area contributed by atoms with Crippen molar-refractivity contribution in [3.05, 3.63) is 35.4 Å². The first-order valence-electron chi connectivity index (χ1n) is 9.87. The largest absolute Gasteiger partial charge is 0.480 e. The number of likely N-dealkylation sites (N-methyl/N-ethyl adjacent to an activating group) is 1. The van der Waals surface area contributed by atoms with Crippen molar-refractivity contribution in [1.29, 1.82) is 0 Å². The van der Waals surface area contributed by atoms with Crippen LogP contribution >= 0.6 is 0 Å². The van der Waals surface area contributed by atoms with E-state index in [1.165, 1.54) is 22.4 Å². The molecule has 1 aromatic rings. The summed E-state index contributed by atoms with van der Waals surface area (Å²) in [5.74, 6) is -1.13. The number of benzene rings is 1. The van der Waals surface area contributed by atoms with Crippen LogP contribution in [0.5, 0.6) is 0 Å². The number of carboxylic acid groups (broad SMARTS) is 1. The number of likely N-dealkylation sites (tertiary alicyclic amines) is 1. The smallest absolute Gasteiger partial charge is 0.329 e. The zero-order valence-electron chi connectivity index (χ0n) is 17.2. The average molecular weight is 373 g/mol. The van der Waals surface area contributed by atoms with Gasteiger partial charge in [0.25, 0.3) is 0 Å². The molecule has 1 aromatic carbocycles. The van der Waals surface area contributed by atoms with Crippen molar-refractivity contribution in [1.82, 2.24) is 9.80 Å². The van der Waals surface area contributed by atoms with E-state index in [4.69, 9.17) is 0 Å². The van der Waals surface area contributed by atoms with Gasteiger partial charge in [-0.15, -0.1) is 0 Å². The van der Waals surface area contributed by atoms with Crippen LogP contribution in [0.3, 0.4) is 0 Å². The third-order valence-corrected chi connectivity index (χ3v) is 7.16. The van der Waals surface area contributed by atoms with Gasteiger partial charge in [-0.25, -0.2) is 4.79 Å². The standard InChI is InChI=1S/C22H32N2O3/c1-20(2,18(25)23(5)21(3,4)19(26)27)24-14-12-22(13-15-24)11-10-16-8-6-7-9-17(16)22/h6-9H,10-15H2,1-5H3,(H,26,27). The summed E-state index contributed by atoms with van der Waals surface area (Å²) in [4.78, 5) is 28.3. The molecular formula is C22H32N2O3. The summed E-state index contributed by atoms with van der Waals surface area (Å²) < 4.78 is 0. The van der Waals surface area contributed by atoms with E-state index in [1.807, 2.05) is 13.8 Å². The van der Waals surface area contributed by atoms with Crippen LogP contribution in [0.1, 0.15) is 58.1 Å². The Hall–Kier alpha value is -1.88. The van der Waals surface area contributed by atoms with Crippen LogP contribution in [0, 0.1) is 0 Å². The molecular weight excluding hydrogens is 340 g/mol. The quantitative estimate of drug-likeness (QED) is 0.882. The van der Waals surface area contributed by atoms with E-state index in [-0.39, 0.29) is 11.3 Å². The van der Waals surface area contributed by atoms with Crippen LogP contribution in [-0.2, 0) is 21.4 Å². The maximum absolute atomic E-state index is 13.1. The van der Waals surface area contributed by atoms with Crippen molar-refractivity contribution >= 4 is 11.9 Å². The molecule has 148 valence electrons. The molecule has 0 aromatic heterocycles. The average Bonchev–Trinajstić information content (AvgIpc) is 2.99. The van der Waals surface area contributed by atoms with E-state index in [0.717, 1.165) is 32.4 Å². The second-order valence-electron chi connectivity index (χ2n) is 9.21. The van der Waals surface area contributed by atoms with Gasteiger partial charge in [0.1, 0.15) is 5.54 Å². The fourth-order valence-corrected chi connectivity index (χ4v) is 4.72. The number of nitrogens with zero attached hydrogens (tertiary/aromatic N) is 2. The second kappa shape index (κ2) is 6.62. The van der Waals surface area contributed by atoms with Crippen LogP contribution in [0.2, 0.25) is 0 Å². The van der Waals surface area contributed by atoms with Crippen LogP contribution < -0.4 is 0 Å². The molecule has 1 spiro atoms. The van der Waals surface area contributed by atoms with Crippen LogP contribution in [-0.4, -0.2) is 58.0 Å². The van der Waals surface area contributed by atoms with Gasteiger partial charge < -0.3 is 10.0 Å². The number of aryl methyl sites for hydroxylation is 1. The minimum absolute atomic E-state index is 0.141. The van der Waals surface area contributed by atoms with Gasteiger partial charge in [-0.3, -0.25) is 9.69 Å². The molecule has 1 aliphatic heterocycles. The minimum atomic E-state index is -1.23. The highest BCUT2D eigenvalue weighted by molar-refractivity contribution is 5.91. The lowest BCUT2D eigenvalue weighted by Gasteiger charge is -2.48. The van der Waals surface area contributed by atoms with E-state index in [0.29, 0.717) is 0 Å². The SMILES string of the molecule is CN(C(=O)C(C)(C)N1CCC2(CCc3ccccc32)CC1)C(C)(C)C(=O)O. The molecule has 0 atom stereocenters. The van der Waals surface area contributed by atoms with Crippen molar-refractivity contribution in [2.45, 2.75) is 69.9 Å². The molecule has 0 unspecified atom stereocenters. The number of hydrogen-bond donors (Lipinski definition) is 1. The summed E-state index contributed by atoms with van der Waals surface area (Å²) in [6.07, 6.45) is 4.44. The molecule has 1 saturated heterocycles. The lowest BCUT2D eigenvalue weighted by Crippen LogP contribution is -2.63. The monoisotopic (exact) mass is 372 g/mol. The topological polar surface area (TPSA) is 60.9 Å². The number of carboxylic acids is 1. The van der Waals surface area contributed by atoms with Crippen molar-refractivity contribution in [3.8, 4) is 0 Å². The van der Waals surface area contributed by atoms with Gasteiger partial charge in [-0.1, -0.05) is 24.3 Å². The summed E-state index contributed by atoms with van der Waals surface area (Å²) in [5, 5.41) is 9.46. The molecule has 5 heteroatoms. The summed E-state index contributed by atoms with van der Waals surface area (Å²) in [7, 11) is 1.59. The highest BCUT2D eigenvalue weighted by Gasteiger charge is 2.48. The van der Waals surface area contributed by atoms with Crippen LogP contribution in [0.4, 0.5) is 0 Å². The zero-order chi connectivity index (χ0) is 20.0. The summed E-state index contributed by atoms with van der Waals surface area (Å²) in [6, 6.07) is 8.77. The molecule has 5 nitrogen and oxygen atoms in total. The lowest BCUT2D eigenvalue weighted by molar-refractivity contribution is -0.160. The maximum Gasteiger partial charge on any atom is 0.329 e. The molecule has 1 amide bonds. The number of amides is 1. The molecule has 0 bridgehead atoms. The summed E-state index contributed by atoms with van der Waals surface area (Å²) in [6.45, 7) is 8.70. The number of carbonyl (C=O) groups is 2. The normalized spacial score (nSPS) is 19.7. The first-order valence-corrected chi connectivity index (χ1v) is 9.87. The predicted molar refractivity (Wildman–Crippen MR) is 106 cm³/mol. The Morgan fingerprint density at radius 3 is 2.26 bits per heavy atom. The van der Waals surface area contributed by atoms with Gasteiger partial charge in [0.2, 0.25) is 5.91 Å². The summed E-state index contributed by atoms with van der Waals surface area (Å²) >= 11 is 0. The number of aliphatic carboxylic acids is 1. The van der Waals surface area contributed by atoms with Gasteiger partial charge in [-0.05, 0) is 69.9 Å². The first kappa shape index (κ1) is 19.9. The van der Waals surface area contributed by atoms with E-state index >= 15 is 0 Å². The zero-order valence-corrected chi connectivity index (χ0v) is 17.2. The first-order chi connectivity index (χ1) is 12.5. The Bertz CT molecular complexity index is 746. The number of fused-ring (bicyclic) bond motifs is 2. The molecule has 1 N–H and O–H groups in total. The molecule has 0 radical (unpaired) electrons. The van der Waals surface area contributed by atoms with Gasteiger partial charge in [0.05, 0.1) is 5.54 Å². The predicted octanol–water partition coefficient (Wildman–Crippen LogP) is 3.07. The van der Waals surface area contributed by atoms with Crippen LogP contribution in [0.25, 0.3) is 0 Å². The molecule has 27 heavy (non-hydrogen) atoms. The highest BCUT2D eigenvalue weighted by atomic mass is 16.4. The third kappa shape index (κ3) is 3.16. The molecule has 3 rings (SSSR count). The maximum atomic E-state index is 13.1. The third-order valence-electron chi connectivity index (χ3n) is 7.16. The van der Waals surface area contributed by atoms with E-state index < -0.39 is 17.0 Å². The molecule has 2 aliphatic rings. The Morgan fingerprint density at radius 1 is 1.07 bits per heavy atom. The molecule has 1 heterocycles. The fraction of sp³-hybridized carbons (Fsp3) is 0.636. The van der Waals surface area contributed by atoms with Crippen molar-refractivity contribution in [3.63, 3.8) is 0 Å². The van der Waals surface area contributed by atoms with Crippen molar-refractivity contribution in [2.24, 2.45) is 0 Å². The van der Waals surface area contributed by atoms with Crippen molar-refractivity contribution < 1.29 is 14.7 Å². The summed E-state index contributed by atoms with van der Waals surface area (Å²) in [5.41, 5.74) is 1.28. The number of piperidine rings is 1. The Kier molecular flexibility index (Phi) is 4.87. The Labute approximate surface area is 162 Å². The molecule has 1 fully saturated rings. The van der Waals surface area contributed by atoms with E-state index in [1.54, 1.807) is 20.9 Å². The van der Waals surface area contributed by atoms with Gasteiger partial charge in [0, 0.05) is 20.1 Å². The fourth-order valence-electron chi connectivity index (χ4n) is 4.72. The van der Waals surface area contributed by atoms with Gasteiger partial charge in [0.15, 0.2) is 0 Å². The van der Waals surface area contributed by atoms with Crippen molar-refractivity contribution in [2.75, 3.05) is 20.1 Å². The molecule has 0 saturated carbocycles. The molecule has 1 aliphatic carbocycles. The number of rotatable bonds is 4. The minimum Gasteiger partial charge on any atom is -0.480 e. The number of carbonyl (C=O) groups excluding carboxylic acids is 1. The lowest BCUT2D eigenvalue weighted by atomic mass is 9.73. The highest BCUT2D eigenvalue weighted by Crippen LogP contribution is 2.47. The van der Waals surface area contributed by atoms with E-state index in [2.05, 4.69) is 29.2 Å². The Morgan fingerprint density at radius 2 is 1.67 bits per heavy atom. The van der Waals surface area contributed by atoms with Crippen LogP contribution in [0.15, 0.2) is 24.3 Å². The second-order valence-corrected chi connectivity index (χ2v) is 9.21. The Balaban J connectivity index is 1.74. The van der Waals surface area contributed by atoms with Gasteiger partial charge >= 0.3 is 5.97 Å². The van der Waals surface area contributed by atoms with E-state index in [9.17, 15) is 14.7 Å².